The third-order valence-electron chi connectivity index (χ3n) is 4.08. The Balaban J connectivity index is 1.71. The first-order valence-electron chi connectivity index (χ1n) is 7.66. The second-order valence-electron chi connectivity index (χ2n) is 6.42. The lowest BCUT2D eigenvalue weighted by Gasteiger charge is -2.26. The normalized spacial score (nSPS) is 18.6. The zero-order valence-electron chi connectivity index (χ0n) is 14.1. The third kappa shape index (κ3) is 3.00. The van der Waals surface area contributed by atoms with Gasteiger partial charge in [-0.1, -0.05) is 0 Å². The van der Waals surface area contributed by atoms with E-state index < -0.39 is 29.9 Å². The van der Waals surface area contributed by atoms with Crippen molar-refractivity contribution in [1.82, 2.24) is 10.2 Å². The molecule has 0 aromatic heterocycles. The maximum atomic E-state index is 12.2. The fourth-order valence-corrected chi connectivity index (χ4v) is 2.66. The number of hydrogen-bond donors (Lipinski definition) is 2. The molecule has 0 aliphatic carbocycles. The van der Waals surface area contributed by atoms with E-state index in [1.54, 1.807) is 39.1 Å². The van der Waals surface area contributed by atoms with Crippen molar-refractivity contribution in [3.8, 4) is 5.75 Å². The topological polar surface area (TPSA) is 108 Å². The molecular weight excluding hydrogens is 328 g/mol. The summed E-state index contributed by atoms with van der Waals surface area (Å²) in [6.45, 7) is 2.72. The maximum Gasteiger partial charge on any atom is 0.325 e. The second kappa shape index (κ2) is 5.76. The first kappa shape index (κ1) is 16.7. The smallest absolute Gasteiger partial charge is 0.325 e. The van der Waals surface area contributed by atoms with E-state index in [1.165, 1.54) is 4.90 Å². The van der Waals surface area contributed by atoms with E-state index in [9.17, 15) is 19.2 Å². The summed E-state index contributed by atoms with van der Waals surface area (Å²) in [4.78, 5) is 50.1. The van der Waals surface area contributed by atoms with Gasteiger partial charge in [-0.05, 0) is 32.0 Å². The van der Waals surface area contributed by atoms with Gasteiger partial charge in [-0.15, -0.1) is 0 Å². The van der Waals surface area contributed by atoms with E-state index in [1.807, 2.05) is 0 Å². The van der Waals surface area contributed by atoms with Crippen LogP contribution in [0.2, 0.25) is 0 Å². The Hall–Kier alpha value is -3.10. The Bertz CT molecular complexity index is 789. The first-order chi connectivity index (χ1) is 11.7. The number of amides is 5. The van der Waals surface area contributed by atoms with Crippen LogP contribution in [0.3, 0.4) is 0 Å². The number of nitrogens with zero attached hydrogens (tertiary/aromatic N) is 2. The highest BCUT2D eigenvalue weighted by atomic mass is 16.5. The standard InChI is InChI=1S/C16H18N4O5/c1-16(2)14(23)20(15(24)18-16)7-12(21)17-9-4-5-11-10(6-9)19(3)13(22)8-25-11/h4-6H,7-8H2,1-3H3,(H,17,21)(H,18,24). The molecule has 0 radical (unpaired) electrons. The molecular formula is C16H18N4O5. The van der Waals surface area contributed by atoms with Gasteiger partial charge in [0.15, 0.2) is 6.61 Å². The molecule has 0 unspecified atom stereocenters. The van der Waals surface area contributed by atoms with E-state index in [0.717, 1.165) is 4.90 Å². The minimum atomic E-state index is -1.02. The molecule has 9 heteroatoms. The molecule has 0 bridgehead atoms. The van der Waals surface area contributed by atoms with Crippen LogP contribution in [0.1, 0.15) is 13.8 Å². The van der Waals surface area contributed by atoms with Crippen LogP contribution < -0.4 is 20.3 Å². The van der Waals surface area contributed by atoms with Crippen LogP contribution in [0.15, 0.2) is 18.2 Å². The lowest BCUT2D eigenvalue weighted by molar-refractivity contribution is -0.132. The minimum absolute atomic E-state index is 0.0306. The van der Waals surface area contributed by atoms with Gasteiger partial charge in [0.2, 0.25) is 5.91 Å². The second-order valence-corrected chi connectivity index (χ2v) is 6.42. The van der Waals surface area contributed by atoms with E-state index in [4.69, 9.17) is 4.74 Å². The number of urea groups is 1. The van der Waals surface area contributed by atoms with Crippen molar-refractivity contribution in [3.05, 3.63) is 18.2 Å². The lowest BCUT2D eigenvalue weighted by Crippen LogP contribution is -2.41. The van der Waals surface area contributed by atoms with Crippen LogP contribution in [0.5, 0.6) is 5.75 Å². The minimum Gasteiger partial charge on any atom is -0.482 e. The fraction of sp³-hybridized carbons (Fsp3) is 0.375. The molecule has 0 saturated carbocycles. The van der Waals surface area contributed by atoms with Crippen LogP contribution in [0.25, 0.3) is 0 Å². The number of benzene rings is 1. The Morgan fingerprint density at radius 3 is 2.68 bits per heavy atom. The Morgan fingerprint density at radius 1 is 1.32 bits per heavy atom. The van der Waals surface area contributed by atoms with Crippen LogP contribution in [0, 0.1) is 0 Å². The summed E-state index contributed by atoms with van der Waals surface area (Å²) >= 11 is 0. The van der Waals surface area contributed by atoms with Gasteiger partial charge in [0.1, 0.15) is 17.8 Å². The number of nitrogens with one attached hydrogen (secondary N) is 2. The fourth-order valence-electron chi connectivity index (χ4n) is 2.66. The number of imide groups is 1. The van der Waals surface area contributed by atoms with Crippen molar-refractivity contribution in [2.24, 2.45) is 0 Å². The van der Waals surface area contributed by atoms with Crippen molar-refractivity contribution >= 4 is 35.1 Å². The molecule has 1 aromatic rings. The van der Waals surface area contributed by atoms with Crippen LogP contribution >= 0.6 is 0 Å². The Morgan fingerprint density at radius 2 is 2.04 bits per heavy atom. The summed E-state index contributed by atoms with van der Waals surface area (Å²) in [5, 5.41) is 5.13. The predicted octanol–water partition coefficient (Wildman–Crippen LogP) is 0.311. The summed E-state index contributed by atoms with van der Waals surface area (Å²) in [6, 6.07) is 4.26. The number of carbonyl (C=O) groups excluding carboxylic acids is 4. The summed E-state index contributed by atoms with van der Waals surface area (Å²) in [5.74, 6) is -0.642. The van der Waals surface area contributed by atoms with Gasteiger partial charge < -0.3 is 20.3 Å². The maximum absolute atomic E-state index is 12.2. The lowest BCUT2D eigenvalue weighted by atomic mass is 10.1. The monoisotopic (exact) mass is 346 g/mol. The van der Waals surface area contributed by atoms with Gasteiger partial charge in [-0.2, -0.15) is 0 Å². The predicted molar refractivity (Wildman–Crippen MR) is 88.3 cm³/mol. The van der Waals surface area contributed by atoms with E-state index in [-0.39, 0.29) is 12.5 Å². The van der Waals surface area contributed by atoms with Gasteiger partial charge >= 0.3 is 6.03 Å². The highest BCUT2D eigenvalue weighted by Crippen LogP contribution is 2.33. The molecule has 1 aromatic carbocycles. The van der Waals surface area contributed by atoms with Gasteiger partial charge in [0.05, 0.1) is 5.69 Å². The molecule has 9 nitrogen and oxygen atoms in total. The van der Waals surface area contributed by atoms with E-state index >= 15 is 0 Å². The number of anilines is 2. The largest absolute Gasteiger partial charge is 0.482 e. The van der Waals surface area contributed by atoms with Crippen molar-refractivity contribution in [2.45, 2.75) is 19.4 Å². The number of hydrogen-bond acceptors (Lipinski definition) is 5. The van der Waals surface area contributed by atoms with Crippen molar-refractivity contribution < 1.29 is 23.9 Å². The molecule has 2 aliphatic rings. The SMILES string of the molecule is CN1C(=O)COc2ccc(NC(=O)CN3C(=O)NC(C)(C)C3=O)cc21. The number of carbonyl (C=O) groups is 4. The Kier molecular flexibility index (Phi) is 3.86. The highest BCUT2D eigenvalue weighted by Gasteiger charge is 2.44. The average molecular weight is 346 g/mol. The molecule has 2 aliphatic heterocycles. The summed E-state index contributed by atoms with van der Waals surface area (Å²) in [7, 11) is 1.62. The van der Waals surface area contributed by atoms with Gasteiger partial charge in [0, 0.05) is 12.7 Å². The van der Waals surface area contributed by atoms with Crippen molar-refractivity contribution in [1.29, 1.82) is 0 Å². The van der Waals surface area contributed by atoms with Gasteiger partial charge in [-0.25, -0.2) is 4.79 Å². The van der Waals surface area contributed by atoms with Crippen LogP contribution in [0.4, 0.5) is 16.2 Å². The molecule has 3 rings (SSSR count). The molecule has 132 valence electrons. The van der Waals surface area contributed by atoms with Gasteiger partial charge in [-0.3, -0.25) is 19.3 Å². The number of likely N-dealkylation sites (N-methyl/N-ethyl adjacent to an activating group) is 1. The summed E-state index contributed by atoms with van der Waals surface area (Å²) in [5.41, 5.74) is -0.0609. The molecule has 2 N–H and O–H groups in total. The number of ether oxygens (including phenoxy) is 1. The van der Waals surface area contributed by atoms with Gasteiger partial charge in [0.25, 0.3) is 11.8 Å². The average Bonchev–Trinajstić information content (AvgIpc) is 2.73. The third-order valence-corrected chi connectivity index (χ3v) is 4.08. The molecule has 25 heavy (non-hydrogen) atoms. The molecule has 1 fully saturated rings. The molecule has 0 spiro atoms. The molecule has 2 heterocycles. The van der Waals surface area contributed by atoms with Crippen LogP contribution in [-0.2, 0) is 14.4 Å². The van der Waals surface area contributed by atoms with E-state index in [0.29, 0.717) is 17.1 Å². The number of rotatable bonds is 3. The molecule has 1 saturated heterocycles. The number of fused-ring (bicyclic) bond motifs is 1. The van der Waals surface area contributed by atoms with Crippen LogP contribution in [-0.4, -0.2) is 54.4 Å². The summed E-state index contributed by atoms with van der Waals surface area (Å²) in [6.07, 6.45) is 0. The molecule has 0 atom stereocenters. The first-order valence-corrected chi connectivity index (χ1v) is 7.66. The zero-order chi connectivity index (χ0) is 18.4. The van der Waals surface area contributed by atoms with Crippen molar-refractivity contribution in [3.63, 3.8) is 0 Å². The van der Waals surface area contributed by atoms with Crippen molar-refractivity contribution in [2.75, 3.05) is 30.4 Å². The zero-order valence-corrected chi connectivity index (χ0v) is 14.1. The van der Waals surface area contributed by atoms with E-state index in [2.05, 4.69) is 10.6 Å². The highest BCUT2D eigenvalue weighted by molar-refractivity contribution is 6.09. The Labute approximate surface area is 143 Å². The quantitative estimate of drug-likeness (QED) is 0.766. The molecule has 5 amide bonds. The summed E-state index contributed by atoms with van der Waals surface area (Å²) < 4.78 is 5.32.